The fourth-order valence-electron chi connectivity index (χ4n) is 3.61. The van der Waals surface area contributed by atoms with Crippen LogP contribution in [0.15, 0.2) is 46.7 Å². The number of carbonyl (C=O) groups is 2. The van der Waals surface area contributed by atoms with Crippen LogP contribution in [0.25, 0.3) is 0 Å². The molecule has 0 atom stereocenters. The first-order valence-electron chi connectivity index (χ1n) is 11.5. The fourth-order valence-corrected chi connectivity index (χ4v) is 6.00. The van der Waals surface area contributed by atoms with Crippen LogP contribution >= 0.6 is 22.9 Å². The van der Waals surface area contributed by atoms with Crippen LogP contribution in [0.4, 0.5) is 26.2 Å². The molecule has 0 fully saturated rings. The molecule has 2 aromatic carbocycles. The number of carbonyl (C=O) groups excluding carboxylic acids is 2. The van der Waals surface area contributed by atoms with Gasteiger partial charge in [0, 0.05) is 31.5 Å². The number of urea groups is 1. The van der Waals surface area contributed by atoms with Crippen molar-refractivity contribution in [2.24, 2.45) is 0 Å². The van der Waals surface area contributed by atoms with E-state index in [1.165, 1.54) is 41.3 Å². The van der Waals surface area contributed by atoms with E-state index in [-0.39, 0.29) is 62.6 Å². The van der Waals surface area contributed by atoms with Crippen LogP contribution < -0.4 is 29.7 Å². The predicted octanol–water partition coefficient (Wildman–Crippen LogP) is 4.50. The summed E-state index contributed by atoms with van der Waals surface area (Å²) in [6.45, 7) is 2.48. The van der Waals surface area contributed by atoms with Crippen LogP contribution in [0.5, 0.6) is 11.5 Å². The highest BCUT2D eigenvalue weighted by Crippen LogP contribution is 2.37. The Hall–Kier alpha value is -3.59. The summed E-state index contributed by atoms with van der Waals surface area (Å²) in [6, 6.07) is 8.52. The van der Waals surface area contributed by atoms with Gasteiger partial charge in [0.2, 0.25) is 0 Å². The average Bonchev–Trinajstić information content (AvgIpc) is 3.34. The first-order valence-corrected chi connectivity index (χ1v) is 14.2. The largest absolute Gasteiger partial charge is 0.489 e. The molecule has 0 unspecified atom stereocenters. The third-order valence-electron chi connectivity index (χ3n) is 5.40. The highest BCUT2D eigenvalue weighted by molar-refractivity contribution is 7.92. The molecule has 0 aliphatic carbocycles. The molecule has 1 aliphatic heterocycles. The van der Waals surface area contributed by atoms with Crippen molar-refractivity contribution in [3.63, 3.8) is 0 Å². The van der Waals surface area contributed by atoms with Gasteiger partial charge in [-0.15, -0.1) is 11.3 Å². The van der Waals surface area contributed by atoms with Gasteiger partial charge < -0.3 is 24.8 Å². The van der Waals surface area contributed by atoms with Crippen LogP contribution in [0, 0.1) is 5.82 Å². The lowest BCUT2D eigenvalue weighted by molar-refractivity contribution is 0.0932. The summed E-state index contributed by atoms with van der Waals surface area (Å²) < 4.78 is 58.1. The summed E-state index contributed by atoms with van der Waals surface area (Å²) in [7, 11) is -2.59. The molecular formula is C24H24ClFN4O7S2. The third-order valence-corrected chi connectivity index (χ3v) is 8.46. The maximum Gasteiger partial charge on any atom is 0.333 e. The number of rotatable bonds is 10. The van der Waals surface area contributed by atoms with Gasteiger partial charge in [-0.25, -0.2) is 22.3 Å². The molecule has 0 radical (unpaired) electrons. The number of nitrogens with one attached hydrogen (secondary N) is 3. The Balaban J connectivity index is 1.57. The summed E-state index contributed by atoms with van der Waals surface area (Å²) in [4.78, 5) is 27.0. The first-order chi connectivity index (χ1) is 18.6. The van der Waals surface area contributed by atoms with E-state index in [1.807, 2.05) is 11.6 Å². The molecule has 1 aromatic heterocycles. The first kappa shape index (κ1) is 28.4. The Kier molecular flexibility index (Phi) is 8.80. The molecule has 4 rings (SSSR count). The van der Waals surface area contributed by atoms with E-state index in [9.17, 15) is 22.4 Å². The second-order valence-corrected chi connectivity index (χ2v) is 11.6. The van der Waals surface area contributed by atoms with Crippen molar-refractivity contribution in [3.05, 3.63) is 58.2 Å². The molecule has 3 N–H and O–H groups in total. The number of hydrogen-bond donors (Lipinski definition) is 3. The van der Waals surface area contributed by atoms with Gasteiger partial charge >= 0.3 is 6.03 Å². The number of thiophene rings is 1. The molecule has 3 amide bonds. The zero-order chi connectivity index (χ0) is 28.2. The van der Waals surface area contributed by atoms with Crippen molar-refractivity contribution >= 4 is 62.0 Å². The predicted molar refractivity (Wildman–Crippen MR) is 145 cm³/mol. The highest BCUT2D eigenvalue weighted by atomic mass is 35.5. The number of hydrogen-bond acceptors (Lipinski definition) is 9. The van der Waals surface area contributed by atoms with Crippen molar-refractivity contribution in [3.8, 4) is 11.5 Å². The molecule has 11 nitrogen and oxygen atoms in total. The van der Waals surface area contributed by atoms with Crippen molar-refractivity contribution < 1.29 is 36.6 Å². The molecule has 3 aromatic rings. The number of anilines is 3. The lowest BCUT2D eigenvalue weighted by Gasteiger charge is -2.30. The van der Waals surface area contributed by atoms with Gasteiger partial charge in [0.15, 0.2) is 6.73 Å². The topological polar surface area (TPSA) is 135 Å². The number of sulfonamides is 1. The average molecular weight is 599 g/mol. The SMILES string of the molecule is CCOCCOc1cc(NC(=O)NS(=O)(=O)c2ccc(Cl)s2)ccc1N1COc2cc(NC)c(F)cc2C1=O. The summed E-state index contributed by atoms with van der Waals surface area (Å²) in [6.07, 6.45) is 0. The summed E-state index contributed by atoms with van der Waals surface area (Å²) in [5.41, 5.74) is 0.677. The molecule has 0 saturated carbocycles. The van der Waals surface area contributed by atoms with E-state index in [0.29, 0.717) is 6.61 Å². The molecule has 0 bridgehead atoms. The molecule has 15 heteroatoms. The minimum absolute atomic E-state index is 0.0264. The van der Waals surface area contributed by atoms with Gasteiger partial charge in [-0.1, -0.05) is 11.6 Å². The van der Waals surface area contributed by atoms with E-state index in [2.05, 4.69) is 10.6 Å². The number of benzene rings is 2. The lowest BCUT2D eigenvalue weighted by Crippen LogP contribution is -2.39. The van der Waals surface area contributed by atoms with Gasteiger partial charge in [0.05, 0.1) is 27.9 Å². The van der Waals surface area contributed by atoms with E-state index < -0.39 is 27.8 Å². The normalized spacial score (nSPS) is 12.9. The Morgan fingerprint density at radius 1 is 1.21 bits per heavy atom. The van der Waals surface area contributed by atoms with Crippen LogP contribution in [-0.4, -0.2) is 54.0 Å². The molecular weight excluding hydrogens is 575 g/mol. The van der Waals surface area contributed by atoms with Gasteiger partial charge in [-0.3, -0.25) is 9.69 Å². The summed E-state index contributed by atoms with van der Waals surface area (Å²) >= 11 is 6.60. The number of amides is 3. The smallest absolute Gasteiger partial charge is 0.333 e. The Labute approximate surface area is 232 Å². The third kappa shape index (κ3) is 6.53. The standard InChI is InChI=1S/C24H24ClFN4O7S2/c1-3-35-8-9-36-20-10-14(28-24(32)29-39(33,34)22-7-6-21(25)38-22)4-5-18(20)30-13-37-19-12-17(27-2)16(26)11-15(19)23(30)31/h4-7,10-12,27H,3,8-9,13H2,1-2H3,(H2,28,29,32). The Bertz CT molecular complexity index is 1500. The lowest BCUT2D eigenvalue weighted by atomic mass is 10.1. The summed E-state index contributed by atoms with van der Waals surface area (Å²) in [5.74, 6) is -0.739. The van der Waals surface area contributed by atoms with Gasteiger partial charge in [-0.2, -0.15) is 0 Å². The second-order valence-electron chi connectivity index (χ2n) is 7.93. The van der Waals surface area contributed by atoms with E-state index in [1.54, 1.807) is 7.05 Å². The van der Waals surface area contributed by atoms with Crippen molar-refractivity contribution in [1.29, 1.82) is 0 Å². The maximum absolute atomic E-state index is 14.4. The van der Waals surface area contributed by atoms with Crippen LogP contribution in [0.1, 0.15) is 17.3 Å². The molecule has 208 valence electrons. The van der Waals surface area contributed by atoms with Crippen LogP contribution in [0.2, 0.25) is 4.34 Å². The summed E-state index contributed by atoms with van der Waals surface area (Å²) in [5, 5.41) is 5.13. The van der Waals surface area contributed by atoms with Crippen molar-refractivity contribution in [2.45, 2.75) is 11.1 Å². The zero-order valence-corrected chi connectivity index (χ0v) is 23.1. The van der Waals surface area contributed by atoms with E-state index in [0.717, 1.165) is 17.4 Å². The van der Waals surface area contributed by atoms with Gasteiger partial charge in [0.1, 0.15) is 28.1 Å². The Morgan fingerprint density at radius 2 is 2.00 bits per heavy atom. The van der Waals surface area contributed by atoms with E-state index in [4.69, 9.17) is 25.8 Å². The number of fused-ring (bicyclic) bond motifs is 1. The zero-order valence-electron chi connectivity index (χ0n) is 20.7. The highest BCUT2D eigenvalue weighted by Gasteiger charge is 2.30. The number of halogens is 2. The monoisotopic (exact) mass is 598 g/mol. The molecule has 39 heavy (non-hydrogen) atoms. The molecule has 1 aliphatic rings. The minimum atomic E-state index is -4.14. The van der Waals surface area contributed by atoms with Crippen molar-refractivity contribution in [1.82, 2.24) is 4.72 Å². The van der Waals surface area contributed by atoms with Gasteiger partial charge in [0.25, 0.3) is 15.9 Å². The molecule has 2 heterocycles. The quantitative estimate of drug-likeness (QED) is 0.290. The van der Waals surface area contributed by atoms with E-state index >= 15 is 0 Å². The molecule has 0 saturated heterocycles. The minimum Gasteiger partial charge on any atom is -0.489 e. The van der Waals surface area contributed by atoms with Gasteiger partial charge in [-0.05, 0) is 37.3 Å². The fraction of sp³-hybridized carbons (Fsp3) is 0.250. The second kappa shape index (κ2) is 12.1. The number of ether oxygens (including phenoxy) is 3. The number of nitrogens with zero attached hydrogens (tertiary/aromatic N) is 1. The maximum atomic E-state index is 14.4. The van der Waals surface area contributed by atoms with Crippen LogP contribution in [-0.2, 0) is 14.8 Å². The molecule has 0 spiro atoms. The van der Waals surface area contributed by atoms with Crippen molar-refractivity contribution in [2.75, 3.05) is 49.1 Å². The Morgan fingerprint density at radius 3 is 2.69 bits per heavy atom. The van der Waals surface area contributed by atoms with Crippen LogP contribution in [0.3, 0.4) is 0 Å².